The molecule has 10 heteroatoms. The van der Waals surface area contributed by atoms with Crippen LogP contribution in [-0.4, -0.2) is 43.0 Å². The molecule has 0 spiro atoms. The average molecular weight is 440 g/mol. The monoisotopic (exact) mass is 440 g/mol. The molecular formula is C22H21FN4O5. The molecule has 2 aromatic rings. The van der Waals surface area contributed by atoms with Gasteiger partial charge < -0.3 is 14.5 Å². The molecule has 166 valence electrons. The second-order valence-electron chi connectivity index (χ2n) is 7.14. The van der Waals surface area contributed by atoms with Crippen molar-refractivity contribution in [2.45, 2.75) is 19.3 Å². The fourth-order valence-electron chi connectivity index (χ4n) is 3.52. The summed E-state index contributed by atoms with van der Waals surface area (Å²) in [5.41, 5.74) is 0.119. The van der Waals surface area contributed by atoms with Gasteiger partial charge in [0.15, 0.2) is 6.61 Å². The Labute approximate surface area is 183 Å². The first-order chi connectivity index (χ1) is 15.4. The third-order valence-electron chi connectivity index (χ3n) is 5.07. The number of nitro benzene ring substituents is 1. The molecule has 0 unspecified atom stereocenters. The van der Waals surface area contributed by atoms with Gasteiger partial charge >= 0.3 is 5.97 Å². The minimum absolute atomic E-state index is 0.0330. The highest BCUT2D eigenvalue weighted by Crippen LogP contribution is 2.32. The van der Waals surface area contributed by atoms with Gasteiger partial charge in [-0.1, -0.05) is 12.1 Å². The molecule has 0 bridgehead atoms. The number of anilines is 2. The second-order valence-corrected chi connectivity index (χ2v) is 7.14. The van der Waals surface area contributed by atoms with E-state index in [2.05, 4.69) is 0 Å². The zero-order valence-electron chi connectivity index (χ0n) is 17.2. The highest BCUT2D eigenvalue weighted by molar-refractivity contribution is 5.97. The molecule has 0 N–H and O–H groups in total. The summed E-state index contributed by atoms with van der Waals surface area (Å²) >= 11 is 0. The first-order valence-electron chi connectivity index (χ1n) is 10.0. The number of benzene rings is 2. The van der Waals surface area contributed by atoms with Gasteiger partial charge in [-0.3, -0.25) is 14.9 Å². The number of amides is 1. The lowest BCUT2D eigenvalue weighted by molar-refractivity contribution is -0.384. The van der Waals surface area contributed by atoms with E-state index in [-0.39, 0.29) is 29.9 Å². The van der Waals surface area contributed by atoms with Crippen molar-refractivity contribution >= 4 is 28.9 Å². The summed E-state index contributed by atoms with van der Waals surface area (Å²) in [5, 5.41) is 20.3. The van der Waals surface area contributed by atoms with E-state index in [9.17, 15) is 24.1 Å². The van der Waals surface area contributed by atoms with Crippen molar-refractivity contribution in [3.05, 3.63) is 64.0 Å². The fraction of sp³-hybridized carbons (Fsp3) is 0.318. The molecule has 0 atom stereocenters. The highest BCUT2D eigenvalue weighted by Gasteiger charge is 2.25. The van der Waals surface area contributed by atoms with Gasteiger partial charge in [-0.05, 0) is 37.1 Å². The van der Waals surface area contributed by atoms with Crippen molar-refractivity contribution in [3.63, 3.8) is 0 Å². The molecule has 0 aromatic heterocycles. The number of para-hydroxylation sites is 1. The van der Waals surface area contributed by atoms with Gasteiger partial charge in [0.05, 0.1) is 28.7 Å². The number of carbonyl (C=O) groups is 2. The third kappa shape index (κ3) is 5.18. The summed E-state index contributed by atoms with van der Waals surface area (Å²) in [7, 11) is 0. The number of esters is 1. The quantitative estimate of drug-likeness (QED) is 0.351. The number of carbonyl (C=O) groups excluding carboxylic acids is 2. The topological polar surface area (TPSA) is 117 Å². The van der Waals surface area contributed by atoms with Gasteiger partial charge in [-0.25, -0.2) is 9.18 Å². The summed E-state index contributed by atoms with van der Waals surface area (Å²) < 4.78 is 19.2. The minimum Gasteiger partial charge on any atom is -0.452 e. The first-order valence-corrected chi connectivity index (χ1v) is 10.0. The zero-order chi connectivity index (χ0) is 23.1. The molecular weight excluding hydrogens is 419 g/mol. The van der Waals surface area contributed by atoms with Crippen molar-refractivity contribution in [2.75, 3.05) is 36.0 Å². The minimum atomic E-state index is -0.914. The number of nitrogens with zero attached hydrogens (tertiary/aromatic N) is 4. The van der Waals surface area contributed by atoms with Crippen molar-refractivity contribution in [3.8, 4) is 6.07 Å². The van der Waals surface area contributed by atoms with Crippen molar-refractivity contribution in [2.24, 2.45) is 0 Å². The Bertz CT molecular complexity index is 1060. The SMILES string of the molecule is N#CCCN(C(=O)COC(=O)c1ccc(N2CCCC2)c([N+](=O)[O-])c1)c1ccccc1F. The number of halogens is 1. The maximum atomic E-state index is 14.1. The Morgan fingerprint density at radius 1 is 1.22 bits per heavy atom. The van der Waals surface area contributed by atoms with E-state index in [1.165, 1.54) is 36.4 Å². The van der Waals surface area contributed by atoms with Gasteiger partial charge in [-0.2, -0.15) is 5.26 Å². The third-order valence-corrected chi connectivity index (χ3v) is 5.07. The van der Waals surface area contributed by atoms with Crippen LogP contribution in [0, 0.1) is 27.3 Å². The van der Waals surface area contributed by atoms with Crippen LogP contribution >= 0.6 is 0 Å². The predicted molar refractivity (Wildman–Crippen MR) is 114 cm³/mol. The number of rotatable bonds is 8. The van der Waals surface area contributed by atoms with Crippen molar-refractivity contribution < 1.29 is 23.6 Å². The Morgan fingerprint density at radius 2 is 1.94 bits per heavy atom. The molecule has 1 aliphatic rings. The van der Waals surface area contributed by atoms with Crippen LogP contribution in [-0.2, 0) is 9.53 Å². The van der Waals surface area contributed by atoms with E-state index in [0.29, 0.717) is 18.8 Å². The van der Waals surface area contributed by atoms with E-state index < -0.39 is 29.2 Å². The summed E-state index contributed by atoms with van der Waals surface area (Å²) in [5.74, 6) is -2.29. The van der Waals surface area contributed by atoms with Crippen LogP contribution < -0.4 is 9.80 Å². The van der Waals surface area contributed by atoms with Gasteiger partial charge in [0, 0.05) is 25.7 Å². The van der Waals surface area contributed by atoms with E-state index in [1.807, 2.05) is 11.0 Å². The Morgan fingerprint density at radius 3 is 2.59 bits per heavy atom. The molecule has 0 aliphatic carbocycles. The van der Waals surface area contributed by atoms with Crippen LogP contribution in [0.3, 0.4) is 0 Å². The summed E-state index contributed by atoms with van der Waals surface area (Å²) in [4.78, 5) is 38.9. The van der Waals surface area contributed by atoms with E-state index >= 15 is 0 Å². The van der Waals surface area contributed by atoms with Crippen LogP contribution in [0.2, 0.25) is 0 Å². The van der Waals surface area contributed by atoms with Gasteiger partial charge in [0.2, 0.25) is 0 Å². The average Bonchev–Trinajstić information content (AvgIpc) is 3.33. The summed E-state index contributed by atoms with van der Waals surface area (Å²) in [6, 6.07) is 11.5. The lowest BCUT2D eigenvalue weighted by Gasteiger charge is -2.22. The Kier molecular flexibility index (Phi) is 7.33. The molecule has 1 amide bonds. The standard InChI is InChI=1S/C22H21FN4O5/c23-17-6-1-2-7-18(17)26(13-5-10-24)21(28)15-32-22(29)16-8-9-19(20(14-16)27(30)31)25-11-3-4-12-25/h1-2,6-9,14H,3-5,11-13,15H2. The largest absolute Gasteiger partial charge is 0.452 e. The Balaban J connectivity index is 1.73. The molecule has 9 nitrogen and oxygen atoms in total. The first kappa shape index (κ1) is 22.7. The predicted octanol–water partition coefficient (Wildman–Crippen LogP) is 3.44. The van der Waals surface area contributed by atoms with E-state index in [4.69, 9.17) is 10.00 Å². The number of nitro groups is 1. The van der Waals surface area contributed by atoms with E-state index in [0.717, 1.165) is 23.8 Å². The van der Waals surface area contributed by atoms with Crippen LogP contribution in [0.15, 0.2) is 42.5 Å². The summed E-state index contributed by atoms with van der Waals surface area (Å²) in [6.07, 6.45) is 1.83. The zero-order valence-corrected chi connectivity index (χ0v) is 17.2. The number of nitriles is 1. The van der Waals surface area contributed by atoms with Gasteiger partial charge in [0.25, 0.3) is 11.6 Å². The molecule has 2 aromatic carbocycles. The molecule has 1 aliphatic heterocycles. The van der Waals surface area contributed by atoms with Crippen molar-refractivity contribution in [1.82, 2.24) is 0 Å². The highest BCUT2D eigenvalue weighted by atomic mass is 19.1. The molecule has 1 heterocycles. The molecule has 0 radical (unpaired) electrons. The van der Waals surface area contributed by atoms with Crippen LogP contribution in [0.25, 0.3) is 0 Å². The fourth-order valence-corrected chi connectivity index (χ4v) is 3.52. The Hall–Kier alpha value is -4.00. The summed E-state index contributed by atoms with van der Waals surface area (Å²) in [6.45, 7) is 0.617. The number of hydrogen-bond donors (Lipinski definition) is 0. The molecule has 1 fully saturated rings. The van der Waals surface area contributed by atoms with Crippen LogP contribution in [0.5, 0.6) is 0 Å². The normalized spacial score (nSPS) is 12.8. The van der Waals surface area contributed by atoms with E-state index in [1.54, 1.807) is 0 Å². The molecule has 1 saturated heterocycles. The van der Waals surface area contributed by atoms with Crippen molar-refractivity contribution in [1.29, 1.82) is 5.26 Å². The maximum absolute atomic E-state index is 14.1. The van der Waals surface area contributed by atoms with Gasteiger partial charge in [-0.15, -0.1) is 0 Å². The maximum Gasteiger partial charge on any atom is 0.338 e. The van der Waals surface area contributed by atoms with Crippen LogP contribution in [0.4, 0.5) is 21.5 Å². The molecule has 32 heavy (non-hydrogen) atoms. The lowest BCUT2D eigenvalue weighted by atomic mass is 10.1. The molecule has 0 saturated carbocycles. The number of hydrogen-bond acceptors (Lipinski definition) is 7. The number of ether oxygens (including phenoxy) is 1. The molecule has 3 rings (SSSR count). The van der Waals surface area contributed by atoms with Gasteiger partial charge in [0.1, 0.15) is 11.5 Å². The smallest absolute Gasteiger partial charge is 0.338 e. The second kappa shape index (κ2) is 10.3. The lowest BCUT2D eigenvalue weighted by Crippen LogP contribution is -2.36. The van der Waals surface area contributed by atoms with Crippen LogP contribution in [0.1, 0.15) is 29.6 Å².